The number of aryl methyl sites for hydroxylation is 2. The number of hydrogen-bond donors (Lipinski definition) is 2. The van der Waals surface area contributed by atoms with Crippen LogP contribution in [0.2, 0.25) is 0 Å². The van der Waals surface area contributed by atoms with Crippen molar-refractivity contribution in [2.75, 3.05) is 23.3 Å². The molecular weight excluding hydrogens is 476 g/mol. The smallest absolute Gasteiger partial charge is 0.225 e. The minimum Gasteiger partial charge on any atom is -0.464 e. The highest BCUT2D eigenvalue weighted by Crippen LogP contribution is 2.29. The van der Waals surface area contributed by atoms with Crippen molar-refractivity contribution in [2.45, 2.75) is 39.3 Å². The number of furan rings is 1. The molecule has 0 radical (unpaired) electrons. The molecule has 1 fully saturated rings. The molecule has 8 heteroatoms. The first kappa shape index (κ1) is 24.1. The van der Waals surface area contributed by atoms with Crippen molar-refractivity contribution in [3.63, 3.8) is 0 Å². The average molecular weight is 507 g/mol. The molecule has 4 heterocycles. The van der Waals surface area contributed by atoms with E-state index in [1.165, 1.54) is 0 Å². The lowest BCUT2D eigenvalue weighted by atomic mass is 10.0. The number of rotatable bonds is 6. The van der Waals surface area contributed by atoms with Gasteiger partial charge in [0.25, 0.3) is 0 Å². The Kier molecular flexibility index (Phi) is 6.25. The SMILES string of the molecule is Cc1nc(N[C@@H](C)c2cccc(-c3cnc(N4CCC(O)C4)nc3)c2)cc(-c2ccc3occ(C)c3c2)n1. The number of β-amino-alcohol motifs (C(OH)–C–C–N with tert-alkyl or cyclic N) is 1. The van der Waals surface area contributed by atoms with E-state index in [1.54, 1.807) is 6.26 Å². The molecule has 0 amide bonds. The largest absolute Gasteiger partial charge is 0.464 e. The van der Waals surface area contributed by atoms with E-state index in [0.717, 1.165) is 63.3 Å². The van der Waals surface area contributed by atoms with E-state index >= 15 is 0 Å². The van der Waals surface area contributed by atoms with Crippen molar-refractivity contribution in [1.29, 1.82) is 0 Å². The summed E-state index contributed by atoms with van der Waals surface area (Å²) in [4.78, 5) is 20.4. The number of anilines is 2. The zero-order valence-electron chi connectivity index (χ0n) is 21.7. The van der Waals surface area contributed by atoms with Gasteiger partial charge in [0.05, 0.1) is 18.1 Å². The quantitative estimate of drug-likeness (QED) is 0.302. The molecule has 2 aromatic carbocycles. The van der Waals surface area contributed by atoms with Crippen LogP contribution in [-0.2, 0) is 0 Å². The standard InChI is InChI=1S/C30H30N6O2/c1-18-17-38-28-8-7-23(12-26(18)28)27-13-29(35-20(3)34-27)33-19(2)21-5-4-6-22(11-21)24-14-31-30(32-15-24)36-10-9-25(37)16-36/h4-8,11-15,17,19,25,37H,9-10,16H2,1-3H3,(H,33,34,35)/t19-,25?/m0/s1. The van der Waals surface area contributed by atoms with Crippen LogP contribution >= 0.6 is 0 Å². The molecular formula is C30H30N6O2. The molecule has 2 atom stereocenters. The van der Waals surface area contributed by atoms with Gasteiger partial charge in [0.15, 0.2) is 0 Å². The highest BCUT2D eigenvalue weighted by atomic mass is 16.3. The number of hydrogen-bond acceptors (Lipinski definition) is 8. The third-order valence-electron chi connectivity index (χ3n) is 7.07. The molecule has 3 aromatic heterocycles. The van der Waals surface area contributed by atoms with Crippen molar-refractivity contribution >= 4 is 22.7 Å². The molecule has 1 saturated heterocycles. The fraction of sp³-hybridized carbons (Fsp3) is 0.267. The Morgan fingerprint density at radius 3 is 2.63 bits per heavy atom. The number of aliphatic hydroxyl groups is 1. The molecule has 192 valence electrons. The zero-order chi connectivity index (χ0) is 26.2. The Labute approximate surface area is 221 Å². The predicted octanol–water partition coefficient (Wildman–Crippen LogP) is 5.71. The van der Waals surface area contributed by atoms with Crippen LogP contribution in [0.3, 0.4) is 0 Å². The highest BCUT2D eigenvalue weighted by Gasteiger charge is 2.22. The third kappa shape index (κ3) is 4.82. The lowest BCUT2D eigenvalue weighted by Gasteiger charge is -2.17. The summed E-state index contributed by atoms with van der Waals surface area (Å²) < 4.78 is 5.60. The lowest BCUT2D eigenvalue weighted by Crippen LogP contribution is -2.23. The van der Waals surface area contributed by atoms with Gasteiger partial charge in [-0.25, -0.2) is 19.9 Å². The highest BCUT2D eigenvalue weighted by molar-refractivity contribution is 5.85. The first-order valence-electron chi connectivity index (χ1n) is 12.9. The molecule has 1 unspecified atom stereocenters. The summed E-state index contributed by atoms with van der Waals surface area (Å²) in [5.74, 6) is 2.14. The van der Waals surface area contributed by atoms with Crippen molar-refractivity contribution < 1.29 is 9.52 Å². The van der Waals surface area contributed by atoms with Gasteiger partial charge in [0.1, 0.15) is 17.2 Å². The molecule has 6 rings (SSSR count). The van der Waals surface area contributed by atoms with Crippen molar-refractivity contribution in [2.24, 2.45) is 0 Å². The van der Waals surface area contributed by atoms with Crippen LogP contribution in [-0.4, -0.2) is 44.2 Å². The molecule has 5 aromatic rings. The Hall–Kier alpha value is -4.30. The van der Waals surface area contributed by atoms with E-state index < -0.39 is 0 Å². The van der Waals surface area contributed by atoms with Gasteiger partial charge in [-0.2, -0.15) is 0 Å². The summed E-state index contributed by atoms with van der Waals surface area (Å²) in [5.41, 5.74) is 7.00. The number of benzene rings is 2. The maximum atomic E-state index is 9.80. The first-order chi connectivity index (χ1) is 18.4. The number of nitrogens with one attached hydrogen (secondary N) is 1. The van der Waals surface area contributed by atoms with Crippen molar-refractivity contribution in [1.82, 2.24) is 19.9 Å². The number of fused-ring (bicyclic) bond motifs is 1. The lowest BCUT2D eigenvalue weighted by molar-refractivity contribution is 0.198. The summed E-state index contributed by atoms with van der Waals surface area (Å²) in [7, 11) is 0. The van der Waals surface area contributed by atoms with E-state index in [1.807, 2.05) is 55.4 Å². The van der Waals surface area contributed by atoms with Gasteiger partial charge < -0.3 is 19.7 Å². The summed E-state index contributed by atoms with van der Waals surface area (Å²) in [6.07, 6.45) is 5.93. The zero-order valence-corrected chi connectivity index (χ0v) is 21.7. The fourth-order valence-corrected chi connectivity index (χ4v) is 4.95. The topological polar surface area (TPSA) is 100 Å². The van der Waals surface area contributed by atoms with Crippen LogP contribution in [0.1, 0.15) is 36.3 Å². The van der Waals surface area contributed by atoms with Crippen molar-refractivity contribution in [3.8, 4) is 22.4 Å². The van der Waals surface area contributed by atoms with Crippen LogP contribution in [0.15, 0.2) is 71.6 Å². The monoisotopic (exact) mass is 506 g/mol. The molecule has 38 heavy (non-hydrogen) atoms. The van der Waals surface area contributed by atoms with Gasteiger partial charge in [-0.1, -0.05) is 18.2 Å². The maximum absolute atomic E-state index is 9.80. The summed E-state index contributed by atoms with van der Waals surface area (Å²) in [6.45, 7) is 7.44. The minimum absolute atomic E-state index is 0.0157. The Morgan fingerprint density at radius 2 is 1.84 bits per heavy atom. The average Bonchev–Trinajstić information content (AvgIpc) is 3.53. The van der Waals surface area contributed by atoms with E-state index in [2.05, 4.69) is 56.4 Å². The third-order valence-corrected chi connectivity index (χ3v) is 7.07. The Bertz CT molecular complexity index is 1600. The molecule has 0 spiro atoms. The Morgan fingerprint density at radius 1 is 1.00 bits per heavy atom. The van der Waals surface area contributed by atoms with Gasteiger partial charge in [0, 0.05) is 54.1 Å². The second-order valence-corrected chi connectivity index (χ2v) is 9.97. The van der Waals surface area contributed by atoms with Crippen LogP contribution in [0.4, 0.5) is 11.8 Å². The van der Waals surface area contributed by atoms with Crippen LogP contribution in [0, 0.1) is 13.8 Å². The summed E-state index contributed by atoms with van der Waals surface area (Å²) in [6, 6.07) is 16.5. The van der Waals surface area contributed by atoms with Gasteiger partial charge in [0.2, 0.25) is 5.95 Å². The van der Waals surface area contributed by atoms with Crippen LogP contribution in [0.25, 0.3) is 33.4 Å². The second kappa shape index (κ2) is 9.87. The molecule has 0 saturated carbocycles. The summed E-state index contributed by atoms with van der Waals surface area (Å²) >= 11 is 0. The normalized spacial score (nSPS) is 16.2. The first-order valence-corrected chi connectivity index (χ1v) is 12.9. The van der Waals surface area contributed by atoms with Gasteiger partial charge in [-0.15, -0.1) is 0 Å². The molecule has 1 aliphatic heterocycles. The van der Waals surface area contributed by atoms with Crippen LogP contribution < -0.4 is 10.2 Å². The van der Waals surface area contributed by atoms with E-state index in [4.69, 9.17) is 4.42 Å². The van der Waals surface area contributed by atoms with E-state index in [9.17, 15) is 5.11 Å². The van der Waals surface area contributed by atoms with Crippen LogP contribution in [0.5, 0.6) is 0 Å². The fourth-order valence-electron chi connectivity index (χ4n) is 4.95. The molecule has 2 N–H and O–H groups in total. The van der Waals surface area contributed by atoms with Gasteiger partial charge >= 0.3 is 0 Å². The second-order valence-electron chi connectivity index (χ2n) is 9.97. The molecule has 8 nitrogen and oxygen atoms in total. The predicted molar refractivity (Wildman–Crippen MR) is 149 cm³/mol. The van der Waals surface area contributed by atoms with E-state index in [0.29, 0.717) is 18.3 Å². The molecule has 0 aliphatic carbocycles. The van der Waals surface area contributed by atoms with Gasteiger partial charge in [-0.3, -0.25) is 0 Å². The van der Waals surface area contributed by atoms with E-state index in [-0.39, 0.29) is 12.1 Å². The number of aromatic nitrogens is 4. The number of aliphatic hydroxyl groups excluding tert-OH is 1. The molecule has 1 aliphatic rings. The van der Waals surface area contributed by atoms with Crippen molar-refractivity contribution in [3.05, 3.63) is 84.1 Å². The Balaban J connectivity index is 1.21. The molecule has 0 bridgehead atoms. The summed E-state index contributed by atoms with van der Waals surface area (Å²) in [5, 5.41) is 14.4. The van der Waals surface area contributed by atoms with Gasteiger partial charge in [-0.05, 0) is 68.1 Å². The minimum atomic E-state index is -0.303. The maximum Gasteiger partial charge on any atom is 0.225 e. The number of nitrogens with zero attached hydrogens (tertiary/aromatic N) is 5.